The van der Waals surface area contributed by atoms with E-state index in [1.54, 1.807) is 18.5 Å². The van der Waals surface area contributed by atoms with E-state index in [1.807, 2.05) is 17.9 Å². The van der Waals surface area contributed by atoms with Gasteiger partial charge in [-0.3, -0.25) is 4.79 Å². The van der Waals surface area contributed by atoms with E-state index < -0.39 is 0 Å². The third-order valence-corrected chi connectivity index (χ3v) is 4.10. The Morgan fingerprint density at radius 1 is 1.32 bits per heavy atom. The van der Waals surface area contributed by atoms with Crippen molar-refractivity contribution in [1.29, 1.82) is 0 Å². The molecule has 2 aromatic rings. The van der Waals surface area contributed by atoms with Crippen LogP contribution >= 0.6 is 0 Å². The van der Waals surface area contributed by atoms with Crippen LogP contribution in [-0.4, -0.2) is 51.0 Å². The van der Waals surface area contributed by atoms with Crippen molar-refractivity contribution in [3.8, 4) is 0 Å². The number of hydrogen-bond donors (Lipinski definition) is 1. The van der Waals surface area contributed by atoms with E-state index in [0.29, 0.717) is 17.6 Å². The van der Waals surface area contributed by atoms with Crippen LogP contribution in [0.2, 0.25) is 0 Å². The molecule has 0 saturated carbocycles. The van der Waals surface area contributed by atoms with Gasteiger partial charge in [0.2, 0.25) is 11.9 Å². The summed E-state index contributed by atoms with van der Waals surface area (Å²) >= 11 is 0. The van der Waals surface area contributed by atoms with Gasteiger partial charge in [-0.1, -0.05) is 0 Å². The third-order valence-electron chi connectivity index (χ3n) is 4.10. The lowest BCUT2D eigenvalue weighted by atomic mass is 9.99. The van der Waals surface area contributed by atoms with Crippen molar-refractivity contribution in [2.45, 2.75) is 32.2 Å². The number of nitrogens with one attached hydrogen (secondary N) is 1. The number of likely N-dealkylation sites (tertiary alicyclic amines) is 1. The van der Waals surface area contributed by atoms with Gasteiger partial charge in [0.05, 0.1) is 11.7 Å². The summed E-state index contributed by atoms with van der Waals surface area (Å²) in [6.45, 7) is 2.65. The Bertz CT molecular complexity index is 724. The maximum atomic E-state index is 12.4. The number of carbonyl (C=O) groups excluding carboxylic acids is 1. The number of methoxy groups -OCH3 is 1. The van der Waals surface area contributed by atoms with Gasteiger partial charge >= 0.3 is 0 Å². The Morgan fingerprint density at radius 2 is 2.12 bits per heavy atom. The van der Waals surface area contributed by atoms with Crippen molar-refractivity contribution >= 4 is 17.7 Å². The summed E-state index contributed by atoms with van der Waals surface area (Å²) in [6.07, 6.45) is 6.27. The fraction of sp³-hybridized carbons (Fsp3) is 0.471. The molecule has 1 aliphatic heterocycles. The number of aromatic nitrogens is 4. The molecule has 8 nitrogen and oxygen atoms in total. The smallest absolute Gasteiger partial charge is 0.249 e. The SMILES string of the molecule is COCC(=O)N1CCCC[C@H]1c1cc(Nc2ncccn2)nc(C)n1. The summed E-state index contributed by atoms with van der Waals surface area (Å²) in [5.74, 6) is 1.73. The zero-order valence-electron chi connectivity index (χ0n) is 14.5. The molecule has 0 aliphatic carbocycles. The van der Waals surface area contributed by atoms with E-state index in [2.05, 4.69) is 25.3 Å². The van der Waals surface area contributed by atoms with Gasteiger partial charge in [0.25, 0.3) is 0 Å². The van der Waals surface area contributed by atoms with Crippen LogP contribution < -0.4 is 5.32 Å². The number of anilines is 2. The average Bonchev–Trinajstić information content (AvgIpc) is 2.62. The highest BCUT2D eigenvalue weighted by Crippen LogP contribution is 2.31. The first-order valence-electron chi connectivity index (χ1n) is 8.35. The highest BCUT2D eigenvalue weighted by Gasteiger charge is 2.29. The summed E-state index contributed by atoms with van der Waals surface area (Å²) in [6, 6.07) is 3.56. The van der Waals surface area contributed by atoms with E-state index in [4.69, 9.17) is 4.74 Å². The number of amides is 1. The number of rotatable bonds is 5. The zero-order valence-corrected chi connectivity index (χ0v) is 14.5. The Labute approximate surface area is 146 Å². The Morgan fingerprint density at radius 3 is 2.88 bits per heavy atom. The molecular formula is C17H22N6O2. The quantitative estimate of drug-likeness (QED) is 0.888. The van der Waals surface area contributed by atoms with Crippen molar-refractivity contribution in [3.05, 3.63) is 36.0 Å². The average molecular weight is 342 g/mol. The van der Waals surface area contributed by atoms with E-state index in [-0.39, 0.29) is 18.6 Å². The molecule has 1 fully saturated rings. The van der Waals surface area contributed by atoms with E-state index >= 15 is 0 Å². The van der Waals surface area contributed by atoms with E-state index in [1.165, 1.54) is 7.11 Å². The topological polar surface area (TPSA) is 93.1 Å². The number of nitrogens with zero attached hydrogens (tertiary/aromatic N) is 5. The van der Waals surface area contributed by atoms with Crippen molar-refractivity contribution < 1.29 is 9.53 Å². The van der Waals surface area contributed by atoms with Crippen LogP contribution in [0.4, 0.5) is 11.8 Å². The molecule has 1 aliphatic rings. The van der Waals surface area contributed by atoms with Crippen molar-refractivity contribution in [3.63, 3.8) is 0 Å². The first-order valence-corrected chi connectivity index (χ1v) is 8.35. The second-order valence-corrected chi connectivity index (χ2v) is 5.95. The molecule has 132 valence electrons. The number of ether oxygens (including phenoxy) is 1. The van der Waals surface area contributed by atoms with Crippen LogP contribution in [0.3, 0.4) is 0 Å². The predicted octanol–water partition coefficient (Wildman–Crippen LogP) is 2.02. The maximum Gasteiger partial charge on any atom is 0.249 e. The Hall–Kier alpha value is -2.61. The number of hydrogen-bond acceptors (Lipinski definition) is 7. The number of carbonyl (C=O) groups is 1. The van der Waals surface area contributed by atoms with Gasteiger partial charge in [-0.2, -0.15) is 0 Å². The van der Waals surface area contributed by atoms with Gasteiger partial charge in [-0.15, -0.1) is 0 Å². The molecule has 1 atom stereocenters. The van der Waals surface area contributed by atoms with Gasteiger partial charge in [-0.05, 0) is 32.3 Å². The molecule has 0 unspecified atom stereocenters. The molecule has 3 heterocycles. The molecule has 2 aromatic heterocycles. The molecule has 0 bridgehead atoms. The fourth-order valence-electron chi connectivity index (χ4n) is 3.05. The normalized spacial score (nSPS) is 17.4. The molecule has 0 aromatic carbocycles. The molecule has 25 heavy (non-hydrogen) atoms. The van der Waals surface area contributed by atoms with Gasteiger partial charge in [0.15, 0.2) is 0 Å². The Balaban J connectivity index is 1.86. The fourth-order valence-corrected chi connectivity index (χ4v) is 3.05. The number of piperidine rings is 1. The summed E-state index contributed by atoms with van der Waals surface area (Å²) in [5, 5.41) is 3.09. The summed E-state index contributed by atoms with van der Waals surface area (Å²) < 4.78 is 5.01. The molecule has 3 rings (SSSR count). The lowest BCUT2D eigenvalue weighted by Crippen LogP contribution is -2.40. The lowest BCUT2D eigenvalue weighted by Gasteiger charge is -2.35. The van der Waals surface area contributed by atoms with Crippen LogP contribution in [0, 0.1) is 6.92 Å². The van der Waals surface area contributed by atoms with Crippen LogP contribution in [0.1, 0.15) is 36.8 Å². The Kier molecular flexibility index (Phi) is 5.49. The molecule has 0 spiro atoms. The van der Waals surface area contributed by atoms with Crippen molar-refractivity contribution in [2.75, 3.05) is 25.6 Å². The molecule has 8 heteroatoms. The minimum Gasteiger partial charge on any atom is -0.375 e. The van der Waals surface area contributed by atoms with Gasteiger partial charge in [0, 0.05) is 32.1 Å². The van der Waals surface area contributed by atoms with Crippen LogP contribution in [0.25, 0.3) is 0 Å². The second-order valence-electron chi connectivity index (χ2n) is 5.95. The minimum atomic E-state index is -0.0599. The highest BCUT2D eigenvalue weighted by molar-refractivity contribution is 5.78. The minimum absolute atomic E-state index is 0.00985. The largest absolute Gasteiger partial charge is 0.375 e. The first kappa shape index (κ1) is 17.2. The monoisotopic (exact) mass is 342 g/mol. The van der Waals surface area contributed by atoms with Gasteiger partial charge in [-0.25, -0.2) is 19.9 Å². The highest BCUT2D eigenvalue weighted by atomic mass is 16.5. The molecule has 1 saturated heterocycles. The lowest BCUT2D eigenvalue weighted by molar-refractivity contribution is -0.139. The second kappa shape index (κ2) is 7.98. The molecule has 1 N–H and O–H groups in total. The van der Waals surface area contributed by atoms with E-state index in [0.717, 1.165) is 31.5 Å². The van der Waals surface area contributed by atoms with Crippen LogP contribution in [-0.2, 0) is 9.53 Å². The molecule has 1 amide bonds. The maximum absolute atomic E-state index is 12.4. The van der Waals surface area contributed by atoms with Crippen molar-refractivity contribution in [2.24, 2.45) is 0 Å². The number of aryl methyl sites for hydroxylation is 1. The molecule has 0 radical (unpaired) electrons. The van der Waals surface area contributed by atoms with Gasteiger partial charge in [0.1, 0.15) is 18.2 Å². The first-order chi connectivity index (χ1) is 12.2. The van der Waals surface area contributed by atoms with Crippen LogP contribution in [0.15, 0.2) is 24.5 Å². The van der Waals surface area contributed by atoms with Crippen molar-refractivity contribution in [1.82, 2.24) is 24.8 Å². The zero-order chi connectivity index (χ0) is 17.6. The van der Waals surface area contributed by atoms with Crippen LogP contribution in [0.5, 0.6) is 0 Å². The summed E-state index contributed by atoms with van der Waals surface area (Å²) in [4.78, 5) is 31.5. The van der Waals surface area contributed by atoms with Gasteiger partial charge < -0.3 is 15.0 Å². The summed E-state index contributed by atoms with van der Waals surface area (Å²) in [7, 11) is 1.54. The predicted molar refractivity (Wildman–Crippen MR) is 92.3 cm³/mol. The van der Waals surface area contributed by atoms with E-state index in [9.17, 15) is 4.79 Å². The standard InChI is InChI=1S/C17H22N6O2/c1-12-20-13(10-15(21-12)22-17-18-7-5-8-19-17)14-6-3-4-9-23(14)16(24)11-25-2/h5,7-8,10,14H,3-4,6,9,11H2,1-2H3,(H,18,19,20,21,22)/t14-/m0/s1. The molecular weight excluding hydrogens is 320 g/mol. The third kappa shape index (κ3) is 4.27. The summed E-state index contributed by atoms with van der Waals surface area (Å²) in [5.41, 5.74) is 0.829.